The number of rotatable bonds is 7. The molecule has 0 N–H and O–H groups in total. The lowest BCUT2D eigenvalue weighted by Crippen LogP contribution is -2.49. The maximum Gasteiger partial charge on any atom is 0.238 e. The van der Waals surface area contributed by atoms with E-state index in [-0.39, 0.29) is 5.91 Å². The highest BCUT2D eigenvalue weighted by atomic mass is 32.2. The number of para-hydroxylation sites is 1. The van der Waals surface area contributed by atoms with Crippen LogP contribution >= 0.6 is 23.1 Å². The molecule has 1 amide bonds. The Morgan fingerprint density at radius 3 is 1.89 bits per heavy atom. The van der Waals surface area contributed by atoms with Crippen molar-refractivity contribution in [2.45, 2.75) is 36.1 Å². The molecule has 0 atom stereocenters. The van der Waals surface area contributed by atoms with E-state index < -0.39 is 11.0 Å². The molecule has 0 saturated carbocycles. The molecule has 0 fully saturated rings. The minimum atomic E-state index is -0.552. The van der Waals surface area contributed by atoms with Crippen molar-refractivity contribution in [1.82, 2.24) is 4.98 Å². The number of thioether (sulfide) groups is 1. The zero-order chi connectivity index (χ0) is 31.0. The van der Waals surface area contributed by atoms with Gasteiger partial charge in [0.15, 0.2) is 4.34 Å². The van der Waals surface area contributed by atoms with Gasteiger partial charge in [-0.25, -0.2) is 4.98 Å². The molecule has 0 spiro atoms. The molecule has 1 aliphatic rings. The monoisotopic (exact) mass is 622 g/mol. The average Bonchev–Trinajstić information content (AvgIpc) is 3.49. The first-order valence-electron chi connectivity index (χ1n) is 15.2. The molecule has 0 saturated heterocycles. The van der Waals surface area contributed by atoms with Gasteiger partial charge in [-0.1, -0.05) is 127 Å². The number of carbonyl (C=O) groups excluding carboxylic acids is 1. The van der Waals surface area contributed by atoms with Gasteiger partial charge in [-0.05, 0) is 72.9 Å². The molecule has 1 aliphatic heterocycles. The number of allylic oxidation sites excluding steroid dienone is 1. The van der Waals surface area contributed by atoms with Crippen LogP contribution in [0.2, 0.25) is 0 Å². The lowest BCUT2D eigenvalue weighted by molar-refractivity contribution is -0.116. The molecule has 7 rings (SSSR count). The van der Waals surface area contributed by atoms with Crippen molar-refractivity contribution in [3.63, 3.8) is 0 Å². The van der Waals surface area contributed by atoms with Crippen LogP contribution in [0.5, 0.6) is 0 Å². The van der Waals surface area contributed by atoms with Gasteiger partial charge in [0.05, 0.1) is 32.6 Å². The number of amides is 1. The summed E-state index contributed by atoms with van der Waals surface area (Å²) in [6.07, 6.45) is 2.23. The Hall–Kier alpha value is -4.45. The first-order chi connectivity index (χ1) is 21.9. The van der Waals surface area contributed by atoms with Crippen molar-refractivity contribution < 1.29 is 4.79 Å². The largest absolute Gasteiger partial charge is 0.302 e. The normalized spacial score (nSPS) is 14.2. The van der Waals surface area contributed by atoms with E-state index in [4.69, 9.17) is 4.98 Å². The van der Waals surface area contributed by atoms with E-state index in [0.717, 1.165) is 31.4 Å². The molecule has 222 valence electrons. The first kappa shape index (κ1) is 29.3. The molecule has 3 nitrogen and oxygen atoms in total. The lowest BCUT2D eigenvalue weighted by Gasteiger charge is -2.43. The molecule has 0 unspecified atom stereocenters. The van der Waals surface area contributed by atoms with Crippen LogP contribution in [0.1, 0.15) is 48.6 Å². The SMILES string of the molecule is CC1=CC(C)(C)N(C(=O)CSc2nc3ccccc3s2)c2ccc(C(c3ccccc3)(c3ccccc3)c3ccccc3)cc21. The Morgan fingerprint density at radius 1 is 0.756 bits per heavy atom. The summed E-state index contributed by atoms with van der Waals surface area (Å²) in [5.41, 5.74) is 7.89. The smallest absolute Gasteiger partial charge is 0.238 e. The minimum absolute atomic E-state index is 0.0717. The summed E-state index contributed by atoms with van der Waals surface area (Å²) in [7, 11) is 0. The van der Waals surface area contributed by atoms with Gasteiger partial charge < -0.3 is 4.90 Å². The topological polar surface area (TPSA) is 33.2 Å². The van der Waals surface area contributed by atoms with Crippen molar-refractivity contribution in [2.24, 2.45) is 0 Å². The van der Waals surface area contributed by atoms with Crippen molar-refractivity contribution >= 4 is 50.5 Å². The van der Waals surface area contributed by atoms with Crippen molar-refractivity contribution in [3.05, 3.63) is 167 Å². The molecule has 0 aliphatic carbocycles. The molecule has 45 heavy (non-hydrogen) atoms. The van der Waals surface area contributed by atoms with Gasteiger partial charge in [0, 0.05) is 5.56 Å². The highest BCUT2D eigenvalue weighted by Gasteiger charge is 2.41. The number of anilines is 1. The van der Waals surface area contributed by atoms with Gasteiger partial charge >= 0.3 is 0 Å². The number of nitrogens with zero attached hydrogens (tertiary/aromatic N) is 2. The van der Waals surface area contributed by atoms with Gasteiger partial charge in [0.1, 0.15) is 0 Å². The zero-order valence-electron chi connectivity index (χ0n) is 25.6. The van der Waals surface area contributed by atoms with E-state index in [0.29, 0.717) is 5.75 Å². The third-order valence-electron chi connectivity index (χ3n) is 8.70. The van der Waals surface area contributed by atoms with E-state index in [1.807, 2.05) is 23.1 Å². The molecular weight excluding hydrogens is 589 g/mol. The number of thiazole rings is 1. The van der Waals surface area contributed by atoms with Crippen LogP contribution < -0.4 is 4.90 Å². The summed E-state index contributed by atoms with van der Waals surface area (Å²) >= 11 is 3.16. The number of aromatic nitrogens is 1. The van der Waals surface area contributed by atoms with E-state index in [1.165, 1.54) is 34.0 Å². The van der Waals surface area contributed by atoms with Gasteiger partial charge in [0.25, 0.3) is 0 Å². The predicted molar refractivity (Wildman–Crippen MR) is 190 cm³/mol. The Labute approximate surface area is 273 Å². The summed E-state index contributed by atoms with van der Waals surface area (Å²) in [4.78, 5) is 20.8. The van der Waals surface area contributed by atoms with Crippen LogP contribution in [0.3, 0.4) is 0 Å². The number of benzene rings is 5. The Morgan fingerprint density at radius 2 is 1.31 bits per heavy atom. The second kappa shape index (κ2) is 11.8. The Kier molecular flexibility index (Phi) is 7.68. The number of hydrogen-bond donors (Lipinski definition) is 0. The third-order valence-corrected chi connectivity index (χ3v) is 10.9. The summed E-state index contributed by atoms with van der Waals surface area (Å²) in [5.74, 6) is 0.390. The van der Waals surface area contributed by atoms with Crippen molar-refractivity contribution in [2.75, 3.05) is 10.7 Å². The maximum atomic E-state index is 14.1. The number of carbonyl (C=O) groups is 1. The maximum absolute atomic E-state index is 14.1. The molecule has 5 heteroatoms. The first-order valence-corrected chi connectivity index (χ1v) is 17.0. The Balaban J connectivity index is 1.34. The molecular formula is C40H34N2OS2. The fourth-order valence-electron chi connectivity index (χ4n) is 6.88. The van der Waals surface area contributed by atoms with Crippen LogP contribution in [0, 0.1) is 0 Å². The quantitative estimate of drug-likeness (QED) is 0.131. The fourth-order valence-corrected chi connectivity index (χ4v) is 8.80. The number of fused-ring (bicyclic) bond motifs is 2. The lowest BCUT2D eigenvalue weighted by atomic mass is 9.64. The molecule has 6 aromatic rings. The van der Waals surface area contributed by atoms with E-state index >= 15 is 0 Å². The molecule has 0 radical (unpaired) electrons. The summed E-state index contributed by atoms with van der Waals surface area (Å²) < 4.78 is 2.06. The highest BCUT2D eigenvalue weighted by molar-refractivity contribution is 8.01. The van der Waals surface area contributed by atoms with E-state index in [2.05, 4.69) is 142 Å². The zero-order valence-corrected chi connectivity index (χ0v) is 27.2. The highest BCUT2D eigenvalue weighted by Crippen LogP contribution is 2.48. The van der Waals surface area contributed by atoms with Gasteiger partial charge in [-0.3, -0.25) is 4.79 Å². The summed E-state index contributed by atoms with van der Waals surface area (Å²) in [6.45, 7) is 6.41. The van der Waals surface area contributed by atoms with E-state index in [1.54, 1.807) is 11.3 Å². The average molecular weight is 623 g/mol. The van der Waals surface area contributed by atoms with Gasteiger partial charge in [-0.15, -0.1) is 11.3 Å². The Bertz CT molecular complexity index is 1880. The van der Waals surface area contributed by atoms with Crippen molar-refractivity contribution in [3.8, 4) is 0 Å². The van der Waals surface area contributed by atoms with Gasteiger partial charge in [0.2, 0.25) is 5.91 Å². The van der Waals surface area contributed by atoms with Crippen LogP contribution in [-0.4, -0.2) is 22.2 Å². The second-order valence-corrected chi connectivity index (χ2v) is 14.3. The fraction of sp³-hybridized carbons (Fsp3) is 0.150. The van der Waals surface area contributed by atoms with Crippen LogP contribution in [0.4, 0.5) is 5.69 Å². The third kappa shape index (κ3) is 5.20. The minimum Gasteiger partial charge on any atom is -0.302 e. The number of hydrogen-bond acceptors (Lipinski definition) is 4. The predicted octanol–water partition coefficient (Wildman–Crippen LogP) is 10.00. The summed E-state index contributed by atoms with van der Waals surface area (Å²) in [6, 6.07) is 47.1. The molecule has 0 bridgehead atoms. The van der Waals surface area contributed by atoms with Crippen LogP contribution in [-0.2, 0) is 10.2 Å². The van der Waals surface area contributed by atoms with Crippen LogP contribution in [0.25, 0.3) is 15.8 Å². The molecule has 5 aromatic carbocycles. The molecule has 1 aromatic heterocycles. The van der Waals surface area contributed by atoms with Crippen LogP contribution in [0.15, 0.2) is 144 Å². The standard InChI is InChI=1S/C40H34N2OS2/c1-28-26-39(2,3)42(37(43)27-44-38-41-34-21-13-14-22-36(34)45-38)35-24-23-32(25-33(28)35)40(29-15-7-4-8-16-29,30-17-9-5-10-18-30)31-19-11-6-12-20-31/h4-26H,27H2,1-3H3. The van der Waals surface area contributed by atoms with Crippen molar-refractivity contribution in [1.29, 1.82) is 0 Å². The summed E-state index contributed by atoms with van der Waals surface area (Å²) in [5, 5.41) is 0. The van der Waals surface area contributed by atoms with Gasteiger partial charge in [-0.2, -0.15) is 0 Å². The second-order valence-electron chi connectivity index (χ2n) is 12.0. The van der Waals surface area contributed by atoms with E-state index in [9.17, 15) is 4.79 Å². The molecule has 2 heterocycles.